The predicted molar refractivity (Wildman–Crippen MR) is 107 cm³/mol. The van der Waals surface area contributed by atoms with Crippen molar-refractivity contribution >= 4 is 22.4 Å². The zero-order valence-corrected chi connectivity index (χ0v) is 16.1. The number of halogens is 1. The first-order valence-corrected chi connectivity index (χ1v) is 9.98. The molecule has 0 N–H and O–H groups in total. The fourth-order valence-corrected chi connectivity index (χ4v) is 3.82. The molecule has 3 aromatic rings. The lowest BCUT2D eigenvalue weighted by Crippen LogP contribution is -2.48. The van der Waals surface area contributed by atoms with Crippen molar-refractivity contribution in [2.75, 3.05) is 31.1 Å². The summed E-state index contributed by atoms with van der Waals surface area (Å²) in [6.07, 6.45) is 1.80. The molecular formula is C21H20FN3O2S. The number of nitrogens with zero attached hydrogens (tertiary/aromatic N) is 3. The molecule has 1 fully saturated rings. The van der Waals surface area contributed by atoms with Gasteiger partial charge in [-0.15, -0.1) is 11.3 Å². The quantitative estimate of drug-likeness (QED) is 0.657. The average molecular weight is 397 g/mol. The normalized spacial score (nSPS) is 14.2. The van der Waals surface area contributed by atoms with Gasteiger partial charge in [0, 0.05) is 43.3 Å². The monoisotopic (exact) mass is 397 g/mol. The van der Waals surface area contributed by atoms with E-state index in [0.717, 1.165) is 23.8 Å². The van der Waals surface area contributed by atoms with Gasteiger partial charge in [0.05, 0.1) is 0 Å². The number of carbonyl (C=O) groups excluding carboxylic acids is 1. The van der Waals surface area contributed by atoms with Crippen LogP contribution in [-0.4, -0.2) is 42.0 Å². The minimum absolute atomic E-state index is 0.00557. The van der Waals surface area contributed by atoms with Gasteiger partial charge in [0.1, 0.15) is 18.2 Å². The Morgan fingerprint density at radius 3 is 2.61 bits per heavy atom. The molecule has 0 spiro atoms. The van der Waals surface area contributed by atoms with Crippen LogP contribution in [0.2, 0.25) is 0 Å². The first-order chi connectivity index (χ1) is 13.7. The third kappa shape index (κ3) is 4.31. The van der Waals surface area contributed by atoms with Crippen molar-refractivity contribution in [1.82, 2.24) is 9.88 Å². The van der Waals surface area contributed by atoms with Crippen LogP contribution in [-0.2, 0) is 6.61 Å². The molecule has 1 aliphatic rings. The van der Waals surface area contributed by atoms with Crippen LogP contribution < -0.4 is 9.64 Å². The number of amides is 1. The molecule has 0 aliphatic carbocycles. The first kappa shape index (κ1) is 18.4. The van der Waals surface area contributed by atoms with E-state index in [9.17, 15) is 9.18 Å². The van der Waals surface area contributed by atoms with E-state index in [4.69, 9.17) is 4.74 Å². The van der Waals surface area contributed by atoms with Crippen LogP contribution >= 0.6 is 11.3 Å². The summed E-state index contributed by atoms with van der Waals surface area (Å²) < 4.78 is 18.8. The van der Waals surface area contributed by atoms with E-state index in [1.807, 2.05) is 22.4 Å². The summed E-state index contributed by atoms with van der Waals surface area (Å²) in [5.74, 6) is 0.355. The minimum Gasteiger partial charge on any atom is -0.489 e. The molecule has 144 valence electrons. The van der Waals surface area contributed by atoms with Gasteiger partial charge in [-0.05, 0) is 35.9 Å². The highest BCUT2D eigenvalue weighted by Gasteiger charge is 2.23. The van der Waals surface area contributed by atoms with Gasteiger partial charge in [-0.25, -0.2) is 9.37 Å². The van der Waals surface area contributed by atoms with Crippen LogP contribution in [0.5, 0.6) is 5.75 Å². The Morgan fingerprint density at radius 1 is 1.11 bits per heavy atom. The molecule has 28 heavy (non-hydrogen) atoms. The lowest BCUT2D eigenvalue weighted by atomic mass is 10.1. The van der Waals surface area contributed by atoms with E-state index in [2.05, 4.69) is 9.88 Å². The van der Waals surface area contributed by atoms with Crippen LogP contribution in [0.4, 0.5) is 9.52 Å². The molecule has 1 aliphatic heterocycles. The summed E-state index contributed by atoms with van der Waals surface area (Å²) in [4.78, 5) is 21.3. The minimum atomic E-state index is -0.272. The maximum Gasteiger partial charge on any atom is 0.254 e. The van der Waals surface area contributed by atoms with Crippen molar-refractivity contribution in [3.63, 3.8) is 0 Å². The lowest BCUT2D eigenvalue weighted by molar-refractivity contribution is 0.0746. The molecule has 0 radical (unpaired) electrons. The molecule has 5 nitrogen and oxygen atoms in total. The lowest BCUT2D eigenvalue weighted by Gasteiger charge is -2.34. The van der Waals surface area contributed by atoms with Gasteiger partial charge in [-0.1, -0.05) is 18.2 Å². The molecule has 1 amide bonds. The summed E-state index contributed by atoms with van der Waals surface area (Å²) in [6, 6.07) is 13.4. The first-order valence-electron chi connectivity index (χ1n) is 9.10. The van der Waals surface area contributed by atoms with Crippen LogP contribution in [0, 0.1) is 5.82 Å². The van der Waals surface area contributed by atoms with Crippen molar-refractivity contribution < 1.29 is 13.9 Å². The molecular weight excluding hydrogens is 377 g/mol. The number of carbonyl (C=O) groups is 1. The third-order valence-electron chi connectivity index (χ3n) is 4.66. The van der Waals surface area contributed by atoms with E-state index in [1.165, 1.54) is 12.1 Å². The zero-order chi connectivity index (χ0) is 19.3. The Bertz CT molecular complexity index is 923. The summed E-state index contributed by atoms with van der Waals surface area (Å²) in [6.45, 7) is 3.21. The van der Waals surface area contributed by atoms with Crippen LogP contribution in [0.3, 0.4) is 0 Å². The molecule has 0 bridgehead atoms. The van der Waals surface area contributed by atoms with Gasteiger partial charge in [0.25, 0.3) is 5.91 Å². The maximum absolute atomic E-state index is 13.0. The van der Waals surface area contributed by atoms with Crippen molar-refractivity contribution in [2.24, 2.45) is 0 Å². The number of hydrogen-bond donors (Lipinski definition) is 0. The van der Waals surface area contributed by atoms with Gasteiger partial charge in [0.2, 0.25) is 0 Å². The second-order valence-corrected chi connectivity index (χ2v) is 7.41. The second kappa shape index (κ2) is 8.39. The summed E-state index contributed by atoms with van der Waals surface area (Å²) >= 11 is 1.62. The molecule has 1 saturated heterocycles. The van der Waals surface area contributed by atoms with Crippen LogP contribution in [0.1, 0.15) is 15.9 Å². The Morgan fingerprint density at radius 2 is 1.89 bits per heavy atom. The van der Waals surface area contributed by atoms with Crippen LogP contribution in [0.15, 0.2) is 60.1 Å². The molecule has 2 aromatic carbocycles. The van der Waals surface area contributed by atoms with Gasteiger partial charge >= 0.3 is 0 Å². The van der Waals surface area contributed by atoms with E-state index in [-0.39, 0.29) is 11.7 Å². The van der Waals surface area contributed by atoms with Gasteiger partial charge in [-0.3, -0.25) is 4.79 Å². The van der Waals surface area contributed by atoms with Crippen molar-refractivity contribution in [2.45, 2.75) is 6.61 Å². The van der Waals surface area contributed by atoms with Crippen molar-refractivity contribution in [1.29, 1.82) is 0 Å². The molecule has 0 saturated carbocycles. The van der Waals surface area contributed by atoms with Gasteiger partial charge in [-0.2, -0.15) is 0 Å². The SMILES string of the molecule is O=C(c1cccc(OCc2ccc(F)cc2)c1)N1CCN(c2nccs2)CC1. The molecule has 4 rings (SSSR count). The number of rotatable bonds is 5. The van der Waals surface area contributed by atoms with E-state index < -0.39 is 0 Å². The fourth-order valence-electron chi connectivity index (χ4n) is 3.12. The van der Waals surface area contributed by atoms with Crippen LogP contribution in [0.25, 0.3) is 0 Å². The van der Waals surface area contributed by atoms with E-state index in [0.29, 0.717) is 31.0 Å². The number of benzene rings is 2. The summed E-state index contributed by atoms with van der Waals surface area (Å²) in [5, 5.41) is 2.97. The molecule has 0 atom stereocenters. The number of aromatic nitrogens is 1. The fraction of sp³-hybridized carbons (Fsp3) is 0.238. The van der Waals surface area contributed by atoms with Crippen molar-refractivity contribution in [3.05, 3.63) is 77.1 Å². The average Bonchev–Trinajstić information content (AvgIpc) is 3.28. The van der Waals surface area contributed by atoms with Crippen molar-refractivity contribution in [3.8, 4) is 5.75 Å². The van der Waals surface area contributed by atoms with Gasteiger partial charge < -0.3 is 14.5 Å². The topological polar surface area (TPSA) is 45.7 Å². The number of anilines is 1. The summed E-state index contributed by atoms with van der Waals surface area (Å²) in [7, 11) is 0. The standard InChI is InChI=1S/C21H20FN3O2S/c22-18-6-4-16(5-7-18)15-27-19-3-1-2-17(14-19)20(26)24-9-11-25(12-10-24)21-23-8-13-28-21/h1-8,13-14H,9-12,15H2. The number of thiazole rings is 1. The van der Waals surface area contributed by atoms with E-state index >= 15 is 0 Å². The number of ether oxygens (including phenoxy) is 1. The molecule has 0 unspecified atom stereocenters. The Balaban J connectivity index is 1.36. The Hall–Kier alpha value is -2.93. The number of piperazine rings is 1. The second-order valence-electron chi connectivity index (χ2n) is 6.54. The highest BCUT2D eigenvalue weighted by atomic mass is 32.1. The molecule has 7 heteroatoms. The third-order valence-corrected chi connectivity index (χ3v) is 5.49. The highest BCUT2D eigenvalue weighted by molar-refractivity contribution is 7.13. The highest BCUT2D eigenvalue weighted by Crippen LogP contribution is 2.21. The maximum atomic E-state index is 13.0. The largest absolute Gasteiger partial charge is 0.489 e. The Labute approximate surface area is 167 Å². The Kier molecular flexibility index (Phi) is 5.53. The predicted octanol–water partition coefficient (Wildman–Crippen LogP) is 3.82. The van der Waals surface area contributed by atoms with Gasteiger partial charge in [0.15, 0.2) is 5.13 Å². The summed E-state index contributed by atoms with van der Waals surface area (Å²) in [5.41, 5.74) is 1.48. The number of hydrogen-bond acceptors (Lipinski definition) is 5. The zero-order valence-electron chi connectivity index (χ0n) is 15.3. The molecule has 2 heterocycles. The molecule has 1 aromatic heterocycles. The van der Waals surface area contributed by atoms with E-state index in [1.54, 1.807) is 41.8 Å². The smallest absolute Gasteiger partial charge is 0.254 e.